The highest BCUT2D eigenvalue weighted by molar-refractivity contribution is 5.78. The second-order valence-electron chi connectivity index (χ2n) is 5.13. The monoisotopic (exact) mass is 285 g/mol. The number of amides is 1. The maximum atomic E-state index is 12.3. The Bertz CT molecular complexity index is 562. The highest BCUT2D eigenvalue weighted by atomic mass is 16.2. The van der Waals surface area contributed by atoms with Crippen molar-refractivity contribution in [1.82, 2.24) is 14.7 Å². The van der Waals surface area contributed by atoms with E-state index in [4.69, 9.17) is 0 Å². The van der Waals surface area contributed by atoms with Gasteiger partial charge in [-0.15, -0.1) is 0 Å². The fraction of sp³-hybridized carbons (Fsp3) is 0.412. The quantitative estimate of drug-likeness (QED) is 0.784. The first-order chi connectivity index (χ1) is 10.2. The molecule has 0 radical (unpaired) electrons. The maximum Gasteiger partial charge on any atom is 0.227 e. The van der Waals surface area contributed by atoms with Crippen LogP contribution >= 0.6 is 0 Å². The molecule has 1 heterocycles. The highest BCUT2D eigenvalue weighted by Crippen LogP contribution is 2.09. The first-order valence-electron chi connectivity index (χ1n) is 7.61. The van der Waals surface area contributed by atoms with Crippen molar-refractivity contribution in [1.29, 1.82) is 0 Å². The molecule has 0 N–H and O–H groups in total. The second-order valence-corrected chi connectivity index (χ2v) is 5.13. The van der Waals surface area contributed by atoms with Crippen LogP contribution in [0.3, 0.4) is 0 Å². The molecule has 0 aliphatic heterocycles. The van der Waals surface area contributed by atoms with Crippen LogP contribution in [0, 0.1) is 0 Å². The van der Waals surface area contributed by atoms with Crippen molar-refractivity contribution in [2.75, 3.05) is 13.1 Å². The molecule has 0 unspecified atom stereocenters. The molecule has 0 saturated carbocycles. The van der Waals surface area contributed by atoms with E-state index in [0.29, 0.717) is 6.42 Å². The van der Waals surface area contributed by atoms with Crippen molar-refractivity contribution in [3.8, 4) is 5.69 Å². The Balaban J connectivity index is 2.00. The van der Waals surface area contributed by atoms with Gasteiger partial charge >= 0.3 is 0 Å². The SMILES string of the molecule is CCCCN(CC)C(=O)Cc1cnn(-c2ccccc2)c1. The zero-order valence-corrected chi connectivity index (χ0v) is 12.8. The van der Waals surface area contributed by atoms with Crippen molar-refractivity contribution in [2.45, 2.75) is 33.1 Å². The van der Waals surface area contributed by atoms with Crippen molar-refractivity contribution in [3.05, 3.63) is 48.3 Å². The van der Waals surface area contributed by atoms with Gasteiger partial charge in [-0.25, -0.2) is 4.68 Å². The van der Waals surface area contributed by atoms with Gasteiger partial charge in [0.2, 0.25) is 5.91 Å². The summed E-state index contributed by atoms with van der Waals surface area (Å²) in [5.74, 6) is 0.179. The van der Waals surface area contributed by atoms with Crippen LogP contribution < -0.4 is 0 Å². The fourth-order valence-electron chi connectivity index (χ4n) is 2.27. The molecule has 0 aliphatic rings. The van der Waals surface area contributed by atoms with Gasteiger partial charge in [0.1, 0.15) is 0 Å². The van der Waals surface area contributed by atoms with Crippen molar-refractivity contribution < 1.29 is 4.79 Å². The van der Waals surface area contributed by atoms with Gasteiger partial charge in [0.05, 0.1) is 18.3 Å². The zero-order chi connectivity index (χ0) is 15.1. The number of carbonyl (C=O) groups excluding carboxylic acids is 1. The highest BCUT2D eigenvalue weighted by Gasteiger charge is 2.13. The first kappa shape index (κ1) is 15.3. The molecule has 0 spiro atoms. The predicted octanol–water partition coefficient (Wildman–Crippen LogP) is 3.06. The van der Waals surface area contributed by atoms with Gasteiger partial charge in [0, 0.05) is 19.3 Å². The number of para-hydroxylation sites is 1. The molecular weight excluding hydrogens is 262 g/mol. The molecule has 0 atom stereocenters. The van der Waals surface area contributed by atoms with Gasteiger partial charge in [-0.3, -0.25) is 4.79 Å². The largest absolute Gasteiger partial charge is 0.343 e. The lowest BCUT2D eigenvalue weighted by atomic mass is 10.2. The third-order valence-electron chi connectivity index (χ3n) is 3.53. The van der Waals surface area contributed by atoms with E-state index in [-0.39, 0.29) is 5.91 Å². The van der Waals surface area contributed by atoms with Crippen LogP contribution in [0.2, 0.25) is 0 Å². The Hall–Kier alpha value is -2.10. The molecule has 2 rings (SSSR count). The van der Waals surface area contributed by atoms with Crippen molar-refractivity contribution in [3.63, 3.8) is 0 Å². The normalized spacial score (nSPS) is 10.6. The van der Waals surface area contributed by atoms with Crippen LogP contribution in [-0.2, 0) is 11.2 Å². The molecule has 21 heavy (non-hydrogen) atoms. The molecule has 4 nitrogen and oxygen atoms in total. The fourth-order valence-corrected chi connectivity index (χ4v) is 2.27. The Labute approximate surface area is 126 Å². The predicted molar refractivity (Wildman–Crippen MR) is 84.4 cm³/mol. The van der Waals surface area contributed by atoms with Crippen LogP contribution in [0.5, 0.6) is 0 Å². The van der Waals surface area contributed by atoms with E-state index >= 15 is 0 Å². The Morgan fingerprint density at radius 3 is 2.67 bits per heavy atom. The first-order valence-corrected chi connectivity index (χ1v) is 7.61. The Morgan fingerprint density at radius 1 is 1.24 bits per heavy atom. The van der Waals surface area contributed by atoms with E-state index in [2.05, 4.69) is 12.0 Å². The number of aromatic nitrogens is 2. The van der Waals surface area contributed by atoms with E-state index in [1.807, 2.05) is 53.0 Å². The van der Waals surface area contributed by atoms with Crippen molar-refractivity contribution >= 4 is 5.91 Å². The number of hydrogen-bond donors (Lipinski definition) is 0. The van der Waals surface area contributed by atoms with Gasteiger partial charge in [0.25, 0.3) is 0 Å². The second kappa shape index (κ2) is 7.62. The summed E-state index contributed by atoms with van der Waals surface area (Å²) in [6, 6.07) is 9.93. The number of hydrogen-bond acceptors (Lipinski definition) is 2. The van der Waals surface area contributed by atoms with Crippen LogP contribution in [0.15, 0.2) is 42.7 Å². The van der Waals surface area contributed by atoms with Gasteiger partial charge in [-0.05, 0) is 31.0 Å². The standard InChI is InChI=1S/C17H23N3O/c1-3-5-11-19(4-2)17(21)12-15-13-18-20(14-15)16-9-7-6-8-10-16/h6-10,13-14H,3-5,11-12H2,1-2H3. The Morgan fingerprint density at radius 2 is 2.00 bits per heavy atom. The molecule has 1 aromatic carbocycles. The van der Waals surface area contributed by atoms with Crippen LogP contribution in [0.1, 0.15) is 32.3 Å². The lowest BCUT2D eigenvalue weighted by Crippen LogP contribution is -2.32. The molecule has 2 aromatic rings. The number of nitrogens with zero attached hydrogens (tertiary/aromatic N) is 3. The maximum absolute atomic E-state index is 12.3. The van der Waals surface area contributed by atoms with E-state index in [9.17, 15) is 4.79 Å². The zero-order valence-electron chi connectivity index (χ0n) is 12.8. The van der Waals surface area contributed by atoms with E-state index in [1.54, 1.807) is 6.20 Å². The molecule has 0 bridgehead atoms. The summed E-state index contributed by atoms with van der Waals surface area (Å²) in [7, 11) is 0. The van der Waals surface area contributed by atoms with Gasteiger partial charge in [-0.1, -0.05) is 31.5 Å². The summed E-state index contributed by atoms with van der Waals surface area (Å²) in [5.41, 5.74) is 1.97. The third kappa shape index (κ3) is 4.18. The number of likely N-dealkylation sites (N-methyl/N-ethyl adjacent to an activating group) is 1. The minimum Gasteiger partial charge on any atom is -0.343 e. The summed E-state index contributed by atoms with van der Waals surface area (Å²) in [6.07, 6.45) is 6.29. The van der Waals surface area contributed by atoms with Crippen LogP contribution in [0.4, 0.5) is 0 Å². The van der Waals surface area contributed by atoms with Gasteiger partial charge < -0.3 is 4.90 Å². The molecule has 112 valence electrons. The number of unbranched alkanes of at least 4 members (excludes halogenated alkanes) is 1. The van der Waals surface area contributed by atoms with Crippen molar-refractivity contribution in [2.24, 2.45) is 0 Å². The van der Waals surface area contributed by atoms with E-state index in [1.165, 1.54) is 0 Å². The smallest absolute Gasteiger partial charge is 0.227 e. The molecule has 0 fully saturated rings. The molecule has 0 aliphatic carbocycles. The average Bonchev–Trinajstić information content (AvgIpc) is 2.97. The number of benzene rings is 1. The van der Waals surface area contributed by atoms with Crippen LogP contribution in [0.25, 0.3) is 5.69 Å². The lowest BCUT2D eigenvalue weighted by Gasteiger charge is -2.20. The Kier molecular flexibility index (Phi) is 5.55. The van der Waals surface area contributed by atoms with Gasteiger partial charge in [0.15, 0.2) is 0 Å². The molecule has 0 saturated heterocycles. The van der Waals surface area contributed by atoms with Gasteiger partial charge in [-0.2, -0.15) is 5.10 Å². The minimum atomic E-state index is 0.179. The van der Waals surface area contributed by atoms with E-state index in [0.717, 1.165) is 37.2 Å². The summed E-state index contributed by atoms with van der Waals surface area (Å²) in [4.78, 5) is 14.2. The number of carbonyl (C=O) groups is 1. The summed E-state index contributed by atoms with van der Waals surface area (Å²) < 4.78 is 1.81. The molecule has 4 heteroatoms. The molecule has 1 amide bonds. The molecular formula is C17H23N3O. The number of rotatable bonds is 7. The van der Waals surface area contributed by atoms with Crippen LogP contribution in [-0.4, -0.2) is 33.7 Å². The summed E-state index contributed by atoms with van der Waals surface area (Å²) in [5, 5.41) is 4.33. The minimum absolute atomic E-state index is 0.179. The topological polar surface area (TPSA) is 38.1 Å². The summed E-state index contributed by atoms with van der Waals surface area (Å²) in [6.45, 7) is 5.79. The third-order valence-corrected chi connectivity index (χ3v) is 3.53. The van der Waals surface area contributed by atoms with E-state index < -0.39 is 0 Å². The molecule has 1 aromatic heterocycles. The summed E-state index contributed by atoms with van der Waals surface area (Å²) >= 11 is 0. The lowest BCUT2D eigenvalue weighted by molar-refractivity contribution is -0.130. The average molecular weight is 285 g/mol.